The van der Waals surface area contributed by atoms with Gasteiger partial charge in [0.25, 0.3) is 0 Å². The van der Waals surface area contributed by atoms with E-state index >= 15 is 0 Å². The van der Waals surface area contributed by atoms with Gasteiger partial charge in [-0.1, -0.05) is 30.3 Å². The molecule has 1 aliphatic rings. The summed E-state index contributed by atoms with van der Waals surface area (Å²) in [6, 6.07) is 7.87. The minimum absolute atomic E-state index is 0.0770. The Balaban J connectivity index is 2.21. The number of hydrogen-bond acceptors (Lipinski definition) is 6. The Morgan fingerprint density at radius 1 is 1.38 bits per heavy atom. The van der Waals surface area contributed by atoms with Crippen LogP contribution in [-0.4, -0.2) is 50.0 Å². The van der Waals surface area contributed by atoms with Crippen LogP contribution in [-0.2, 0) is 20.6 Å². The third-order valence-electron chi connectivity index (χ3n) is 4.56. The Hall–Kier alpha value is -1.70. The van der Waals surface area contributed by atoms with E-state index in [4.69, 9.17) is 0 Å². The fraction of sp³-hybridized carbons (Fsp3) is 0.500. The van der Waals surface area contributed by atoms with Crippen molar-refractivity contribution in [3.63, 3.8) is 0 Å². The van der Waals surface area contributed by atoms with Crippen molar-refractivity contribution in [2.45, 2.75) is 36.7 Å². The summed E-state index contributed by atoms with van der Waals surface area (Å²) in [4.78, 5) is 46.3. The fourth-order valence-electron chi connectivity index (χ4n) is 3.04. The summed E-state index contributed by atoms with van der Waals surface area (Å²) in [5.41, 5.74) is 0.734. The molecule has 26 heavy (non-hydrogen) atoms. The summed E-state index contributed by atoms with van der Waals surface area (Å²) < 4.78 is 14.3. The number of hydrogen-bond donors (Lipinski definition) is 2. The molecule has 0 aliphatic carbocycles. The normalized spacial score (nSPS) is 21.6. The van der Waals surface area contributed by atoms with Gasteiger partial charge in [0.05, 0.1) is 0 Å². The Bertz CT molecular complexity index is 731. The van der Waals surface area contributed by atoms with Crippen molar-refractivity contribution in [1.29, 1.82) is 0 Å². The first-order valence-corrected chi connectivity index (χ1v) is 10.7. The quantitative estimate of drug-likeness (QED) is 0.390. The van der Waals surface area contributed by atoms with Crippen LogP contribution in [0, 0.1) is 4.91 Å². The molecule has 1 saturated heterocycles. The maximum Gasteiger partial charge on any atom is 0.326 e. The minimum atomic E-state index is -4.18. The van der Waals surface area contributed by atoms with Crippen LogP contribution in [0.5, 0.6) is 0 Å². The Morgan fingerprint density at radius 3 is 2.62 bits per heavy atom. The van der Waals surface area contributed by atoms with Gasteiger partial charge in [0.2, 0.25) is 13.3 Å². The number of aliphatic carboxylic acids is 1. The van der Waals surface area contributed by atoms with E-state index in [1.165, 1.54) is 6.92 Å². The SMILES string of the molecule is CC(Cc1ccccc1)(SN=O)P(=O)(O)CC(=O)N1CCCC1C(=O)O. The number of nitrogens with zero attached hydrogens (tertiary/aromatic N) is 2. The predicted molar refractivity (Wildman–Crippen MR) is 99.0 cm³/mol. The lowest BCUT2D eigenvalue weighted by Gasteiger charge is -2.32. The summed E-state index contributed by atoms with van der Waals surface area (Å²) in [5.74, 6) is -1.81. The van der Waals surface area contributed by atoms with Gasteiger partial charge in [0, 0.05) is 23.1 Å². The number of carboxylic acids is 1. The molecular formula is C16H21N2O6PS. The second-order valence-electron chi connectivity index (χ2n) is 6.45. The molecule has 0 spiro atoms. The molecule has 1 aliphatic heterocycles. The van der Waals surface area contributed by atoms with Crippen LogP contribution in [0.1, 0.15) is 25.3 Å². The predicted octanol–water partition coefficient (Wildman–Crippen LogP) is 2.71. The van der Waals surface area contributed by atoms with E-state index in [1.54, 1.807) is 30.3 Å². The molecule has 3 atom stereocenters. The molecule has 10 heteroatoms. The second kappa shape index (κ2) is 8.33. The van der Waals surface area contributed by atoms with Crippen molar-refractivity contribution in [2.24, 2.45) is 4.58 Å². The lowest BCUT2D eigenvalue weighted by molar-refractivity contribution is -0.147. The lowest BCUT2D eigenvalue weighted by Crippen LogP contribution is -2.42. The van der Waals surface area contributed by atoms with Crippen LogP contribution in [0.3, 0.4) is 0 Å². The number of amides is 1. The Kier molecular flexibility index (Phi) is 6.60. The van der Waals surface area contributed by atoms with E-state index in [9.17, 15) is 29.1 Å². The minimum Gasteiger partial charge on any atom is -0.480 e. The summed E-state index contributed by atoms with van der Waals surface area (Å²) in [6.45, 7) is 1.67. The fourth-order valence-corrected chi connectivity index (χ4v) is 5.55. The monoisotopic (exact) mass is 400 g/mol. The second-order valence-corrected chi connectivity index (χ2v) is 10.7. The molecule has 0 radical (unpaired) electrons. The summed E-state index contributed by atoms with van der Waals surface area (Å²) >= 11 is 0.441. The zero-order valence-electron chi connectivity index (χ0n) is 14.3. The molecule has 0 aromatic heterocycles. The van der Waals surface area contributed by atoms with E-state index in [-0.39, 0.29) is 13.0 Å². The molecule has 8 nitrogen and oxygen atoms in total. The van der Waals surface area contributed by atoms with E-state index < -0.39 is 35.9 Å². The number of carbonyl (C=O) groups excluding carboxylic acids is 1. The van der Waals surface area contributed by atoms with Crippen LogP contribution in [0.2, 0.25) is 0 Å². The molecule has 1 heterocycles. The molecule has 1 fully saturated rings. The van der Waals surface area contributed by atoms with Crippen molar-refractivity contribution in [3.8, 4) is 0 Å². The third-order valence-corrected chi connectivity index (χ3v) is 8.60. The molecule has 1 amide bonds. The molecule has 3 unspecified atom stereocenters. The highest BCUT2D eigenvalue weighted by Gasteiger charge is 2.48. The van der Waals surface area contributed by atoms with Crippen LogP contribution < -0.4 is 0 Å². The van der Waals surface area contributed by atoms with Crippen molar-refractivity contribution >= 4 is 31.2 Å². The number of carbonyl (C=O) groups is 2. The maximum atomic E-state index is 13.0. The van der Waals surface area contributed by atoms with Crippen LogP contribution in [0.15, 0.2) is 34.9 Å². The van der Waals surface area contributed by atoms with E-state index in [2.05, 4.69) is 4.58 Å². The van der Waals surface area contributed by atoms with Gasteiger partial charge in [-0.05, 0) is 31.7 Å². The zero-order valence-corrected chi connectivity index (χ0v) is 16.0. The molecule has 0 bridgehead atoms. The number of likely N-dealkylation sites (tertiary alicyclic amines) is 1. The lowest BCUT2D eigenvalue weighted by atomic mass is 10.1. The van der Waals surface area contributed by atoms with Gasteiger partial charge in [-0.15, -0.1) is 4.91 Å². The standard InChI is InChI=1S/C16H21N2O6PS/c1-16(26-17-22,10-12-6-3-2-4-7-12)25(23,24)11-14(19)18-9-5-8-13(18)15(20)21/h2-4,6-7,13H,5,8-11H2,1H3,(H,20,21)(H,23,24). The largest absolute Gasteiger partial charge is 0.480 e. The van der Waals surface area contributed by atoms with Gasteiger partial charge < -0.3 is 14.9 Å². The average Bonchev–Trinajstić information content (AvgIpc) is 3.05. The van der Waals surface area contributed by atoms with Gasteiger partial charge in [-0.2, -0.15) is 0 Å². The highest BCUT2D eigenvalue weighted by molar-refractivity contribution is 8.05. The molecule has 0 saturated carbocycles. The first kappa shape index (κ1) is 20.6. The summed E-state index contributed by atoms with van der Waals surface area (Å²) in [5, 5.41) is 9.18. The van der Waals surface area contributed by atoms with E-state index in [1.807, 2.05) is 0 Å². The van der Waals surface area contributed by atoms with Crippen LogP contribution in [0.25, 0.3) is 0 Å². The van der Waals surface area contributed by atoms with E-state index in [0.717, 1.165) is 10.5 Å². The topological polar surface area (TPSA) is 124 Å². The van der Waals surface area contributed by atoms with Crippen molar-refractivity contribution < 1.29 is 24.2 Å². The zero-order chi connectivity index (χ0) is 19.4. The number of nitroso groups, excluding NO2 is 1. The molecule has 2 N–H and O–H groups in total. The van der Waals surface area contributed by atoms with Gasteiger partial charge in [-0.25, -0.2) is 4.79 Å². The van der Waals surface area contributed by atoms with E-state index in [0.29, 0.717) is 24.8 Å². The molecule has 1 aromatic carbocycles. The van der Waals surface area contributed by atoms with Crippen molar-refractivity contribution in [2.75, 3.05) is 12.7 Å². The van der Waals surface area contributed by atoms with Crippen molar-refractivity contribution in [3.05, 3.63) is 40.8 Å². The maximum absolute atomic E-state index is 13.0. The highest BCUT2D eigenvalue weighted by Crippen LogP contribution is 2.61. The van der Waals surface area contributed by atoms with Crippen molar-refractivity contribution in [1.82, 2.24) is 4.90 Å². The number of benzene rings is 1. The smallest absolute Gasteiger partial charge is 0.326 e. The summed E-state index contributed by atoms with van der Waals surface area (Å²) in [7, 11) is -4.18. The average molecular weight is 400 g/mol. The molecule has 142 valence electrons. The highest BCUT2D eigenvalue weighted by atomic mass is 32.2. The summed E-state index contributed by atoms with van der Waals surface area (Å²) in [6.07, 6.45) is 0.212. The van der Waals surface area contributed by atoms with Gasteiger partial charge in [0.15, 0.2) is 0 Å². The van der Waals surface area contributed by atoms with Gasteiger partial charge in [-0.3, -0.25) is 9.36 Å². The first-order chi connectivity index (χ1) is 12.2. The number of carboxylic acid groups (broad SMARTS) is 1. The van der Waals surface area contributed by atoms with Crippen LogP contribution >= 0.6 is 19.3 Å². The van der Waals surface area contributed by atoms with Crippen LogP contribution in [0.4, 0.5) is 0 Å². The number of rotatable bonds is 8. The molecule has 1 aromatic rings. The third kappa shape index (κ3) is 4.52. The first-order valence-electron chi connectivity index (χ1n) is 8.09. The molecular weight excluding hydrogens is 379 g/mol. The molecule has 2 rings (SSSR count). The Labute approximate surface area is 155 Å². The Morgan fingerprint density at radius 2 is 2.04 bits per heavy atom. The van der Waals surface area contributed by atoms with Gasteiger partial charge in [0.1, 0.15) is 16.7 Å². The van der Waals surface area contributed by atoms with Gasteiger partial charge >= 0.3 is 5.97 Å².